The van der Waals surface area contributed by atoms with Gasteiger partial charge in [-0.1, -0.05) is 11.8 Å². The summed E-state index contributed by atoms with van der Waals surface area (Å²) >= 11 is 1.38. The van der Waals surface area contributed by atoms with E-state index < -0.39 is 0 Å². The minimum absolute atomic E-state index is 0.148. The summed E-state index contributed by atoms with van der Waals surface area (Å²) in [4.78, 5) is 31.2. The molecular weight excluding hydrogens is 326 g/mol. The van der Waals surface area contributed by atoms with Crippen molar-refractivity contribution in [2.45, 2.75) is 24.9 Å². The summed E-state index contributed by atoms with van der Waals surface area (Å²) in [5, 5.41) is 11.2. The second kappa shape index (κ2) is 6.88. The Morgan fingerprint density at radius 2 is 2.21 bits per heavy atom. The molecule has 0 spiro atoms. The van der Waals surface area contributed by atoms with Crippen LogP contribution in [0.3, 0.4) is 0 Å². The Labute approximate surface area is 142 Å². The van der Waals surface area contributed by atoms with Crippen molar-refractivity contribution in [3.63, 3.8) is 0 Å². The third-order valence-electron chi connectivity index (χ3n) is 3.72. The molecule has 0 saturated heterocycles. The third kappa shape index (κ3) is 3.48. The zero-order valence-electron chi connectivity index (χ0n) is 13.3. The number of H-pyrrole nitrogens is 2. The Hall–Kier alpha value is -2.61. The predicted octanol–water partition coefficient (Wildman–Crippen LogP) is 2.25. The van der Waals surface area contributed by atoms with Crippen molar-refractivity contribution in [1.82, 2.24) is 20.2 Å². The highest BCUT2D eigenvalue weighted by molar-refractivity contribution is 7.98. The number of fused-ring (bicyclic) bond motifs is 1. The zero-order valence-corrected chi connectivity index (χ0v) is 14.2. The molecule has 2 aromatic heterocycles. The fraction of sp³-hybridized carbons (Fsp3) is 0.250. The van der Waals surface area contributed by atoms with E-state index in [0.29, 0.717) is 28.5 Å². The molecule has 3 rings (SSSR count). The minimum Gasteiger partial charge on any atom is -0.326 e. The van der Waals surface area contributed by atoms with E-state index in [1.807, 2.05) is 24.5 Å². The number of nitrogens with zero attached hydrogens (tertiary/aromatic N) is 2. The van der Waals surface area contributed by atoms with E-state index in [1.165, 1.54) is 11.8 Å². The summed E-state index contributed by atoms with van der Waals surface area (Å²) in [5.41, 5.74) is 2.65. The number of rotatable bonds is 5. The molecule has 0 fully saturated rings. The van der Waals surface area contributed by atoms with Crippen molar-refractivity contribution in [3.8, 4) is 0 Å². The molecule has 24 heavy (non-hydrogen) atoms. The molecule has 7 nitrogen and oxygen atoms in total. The molecule has 0 unspecified atom stereocenters. The highest BCUT2D eigenvalue weighted by atomic mass is 32.2. The van der Waals surface area contributed by atoms with Gasteiger partial charge in [0, 0.05) is 28.8 Å². The standard InChI is InChI=1S/C16H17N5O2S/c1-9-12(15(23)20-16(18-9)24-2)4-6-14(22)19-11-3-5-13-10(7-11)8-17-21-13/h3,5,7-8H,4,6H2,1-2H3,(H,17,21)(H,19,22)(H,18,20,23). The number of hydrogen-bond donors (Lipinski definition) is 3. The smallest absolute Gasteiger partial charge is 0.254 e. The fourth-order valence-corrected chi connectivity index (χ4v) is 2.88. The number of hydrogen-bond acceptors (Lipinski definition) is 5. The minimum atomic E-state index is -0.181. The predicted molar refractivity (Wildman–Crippen MR) is 94.4 cm³/mol. The summed E-state index contributed by atoms with van der Waals surface area (Å²) in [6.07, 6.45) is 4.12. The maximum atomic E-state index is 12.1. The number of nitrogens with one attached hydrogen (secondary N) is 3. The van der Waals surface area contributed by atoms with Gasteiger partial charge in [-0.3, -0.25) is 14.7 Å². The Bertz CT molecular complexity index is 947. The lowest BCUT2D eigenvalue weighted by atomic mass is 10.1. The van der Waals surface area contributed by atoms with Crippen molar-refractivity contribution in [3.05, 3.63) is 46.0 Å². The molecule has 0 aliphatic carbocycles. The van der Waals surface area contributed by atoms with Crippen LogP contribution in [0.15, 0.2) is 34.3 Å². The second-order valence-electron chi connectivity index (χ2n) is 5.36. The van der Waals surface area contributed by atoms with Crippen molar-refractivity contribution in [2.24, 2.45) is 0 Å². The summed E-state index contributed by atoms with van der Waals surface area (Å²) in [7, 11) is 0. The lowest BCUT2D eigenvalue weighted by molar-refractivity contribution is -0.116. The van der Waals surface area contributed by atoms with E-state index in [4.69, 9.17) is 0 Å². The molecule has 3 aromatic rings. The molecule has 0 radical (unpaired) electrons. The summed E-state index contributed by atoms with van der Waals surface area (Å²) in [6.45, 7) is 1.79. The van der Waals surface area contributed by atoms with Gasteiger partial charge in [0.2, 0.25) is 5.91 Å². The van der Waals surface area contributed by atoms with Crippen LogP contribution in [-0.4, -0.2) is 32.3 Å². The molecule has 1 amide bonds. The van der Waals surface area contributed by atoms with Crippen LogP contribution in [-0.2, 0) is 11.2 Å². The van der Waals surface area contributed by atoms with Gasteiger partial charge in [-0.15, -0.1) is 0 Å². The van der Waals surface area contributed by atoms with Crippen molar-refractivity contribution in [1.29, 1.82) is 0 Å². The Balaban J connectivity index is 1.66. The largest absolute Gasteiger partial charge is 0.326 e. The summed E-state index contributed by atoms with van der Waals surface area (Å²) < 4.78 is 0. The molecule has 3 N–H and O–H groups in total. The number of aromatic nitrogens is 4. The van der Waals surface area contributed by atoms with Crippen LogP contribution in [0.4, 0.5) is 5.69 Å². The highest BCUT2D eigenvalue weighted by Gasteiger charge is 2.11. The average Bonchev–Trinajstić information content (AvgIpc) is 3.01. The number of aryl methyl sites for hydroxylation is 1. The molecule has 0 atom stereocenters. The molecule has 0 aliphatic rings. The average molecular weight is 343 g/mol. The van der Waals surface area contributed by atoms with Crippen LogP contribution >= 0.6 is 11.8 Å². The fourth-order valence-electron chi connectivity index (χ4n) is 2.46. The van der Waals surface area contributed by atoms with E-state index in [2.05, 4.69) is 25.5 Å². The summed E-state index contributed by atoms with van der Waals surface area (Å²) in [6, 6.07) is 5.52. The molecule has 1 aromatic carbocycles. The number of anilines is 1. The monoisotopic (exact) mass is 343 g/mol. The molecule has 0 bridgehead atoms. The SMILES string of the molecule is CSc1nc(C)c(CCC(=O)Nc2ccc3[nH]ncc3c2)c(=O)[nH]1. The van der Waals surface area contributed by atoms with Gasteiger partial charge in [-0.05, 0) is 37.8 Å². The maximum Gasteiger partial charge on any atom is 0.254 e. The number of benzene rings is 1. The molecule has 0 saturated carbocycles. The van der Waals surface area contributed by atoms with Gasteiger partial charge in [-0.2, -0.15) is 5.10 Å². The lowest BCUT2D eigenvalue weighted by Crippen LogP contribution is -2.20. The molecule has 0 aliphatic heterocycles. The van der Waals surface area contributed by atoms with Crippen LogP contribution in [0.1, 0.15) is 17.7 Å². The first-order chi connectivity index (χ1) is 11.6. The number of carbonyl (C=O) groups is 1. The van der Waals surface area contributed by atoms with Crippen molar-refractivity contribution >= 4 is 34.3 Å². The summed E-state index contributed by atoms with van der Waals surface area (Å²) in [5.74, 6) is -0.148. The second-order valence-corrected chi connectivity index (χ2v) is 6.15. The first-order valence-electron chi connectivity index (χ1n) is 7.43. The number of amides is 1. The third-order valence-corrected chi connectivity index (χ3v) is 4.30. The number of aromatic amines is 2. The highest BCUT2D eigenvalue weighted by Crippen LogP contribution is 2.17. The first kappa shape index (κ1) is 16.3. The van der Waals surface area contributed by atoms with Crippen LogP contribution in [0, 0.1) is 6.92 Å². The van der Waals surface area contributed by atoms with Gasteiger partial charge in [-0.25, -0.2) is 4.98 Å². The van der Waals surface area contributed by atoms with Gasteiger partial charge < -0.3 is 10.3 Å². The number of carbonyl (C=O) groups excluding carboxylic acids is 1. The maximum absolute atomic E-state index is 12.1. The van der Waals surface area contributed by atoms with E-state index >= 15 is 0 Å². The quantitative estimate of drug-likeness (QED) is 0.487. The van der Waals surface area contributed by atoms with Gasteiger partial charge in [0.25, 0.3) is 5.56 Å². The van der Waals surface area contributed by atoms with Crippen LogP contribution < -0.4 is 10.9 Å². The number of thioether (sulfide) groups is 1. The Kier molecular flexibility index (Phi) is 4.66. The van der Waals surface area contributed by atoms with Crippen LogP contribution in [0.2, 0.25) is 0 Å². The van der Waals surface area contributed by atoms with Gasteiger partial charge in [0.05, 0.1) is 11.7 Å². The molecule has 8 heteroatoms. The van der Waals surface area contributed by atoms with E-state index in [1.54, 1.807) is 13.1 Å². The topological polar surface area (TPSA) is 104 Å². The van der Waals surface area contributed by atoms with E-state index in [9.17, 15) is 9.59 Å². The molecule has 124 valence electrons. The van der Waals surface area contributed by atoms with E-state index in [-0.39, 0.29) is 17.9 Å². The Morgan fingerprint density at radius 1 is 1.38 bits per heavy atom. The van der Waals surface area contributed by atoms with Crippen LogP contribution in [0.5, 0.6) is 0 Å². The molecular formula is C16H17N5O2S. The lowest BCUT2D eigenvalue weighted by Gasteiger charge is -2.07. The normalized spacial score (nSPS) is 10.9. The molecule has 2 heterocycles. The van der Waals surface area contributed by atoms with Crippen molar-refractivity contribution < 1.29 is 4.79 Å². The van der Waals surface area contributed by atoms with E-state index in [0.717, 1.165) is 10.9 Å². The zero-order chi connectivity index (χ0) is 17.1. The first-order valence-corrected chi connectivity index (χ1v) is 8.66. The van der Waals surface area contributed by atoms with Gasteiger partial charge in [0.15, 0.2) is 5.16 Å². The van der Waals surface area contributed by atoms with Crippen LogP contribution in [0.25, 0.3) is 10.9 Å². The van der Waals surface area contributed by atoms with Gasteiger partial charge in [0.1, 0.15) is 0 Å². The van der Waals surface area contributed by atoms with Crippen molar-refractivity contribution in [2.75, 3.05) is 11.6 Å². The Morgan fingerprint density at radius 3 is 2.96 bits per heavy atom. The van der Waals surface area contributed by atoms with Gasteiger partial charge >= 0.3 is 0 Å².